The van der Waals surface area contributed by atoms with Gasteiger partial charge in [0.05, 0.1) is 27.6 Å². The zero-order chi connectivity index (χ0) is 21.4. The lowest BCUT2D eigenvalue weighted by molar-refractivity contribution is 0.669. The highest BCUT2D eigenvalue weighted by atomic mass is 79.9. The minimum absolute atomic E-state index is 0.0969. The molecule has 0 fully saturated rings. The fraction of sp³-hybridized carbons (Fsp3) is 0. The topological polar surface area (TPSA) is 18.1 Å². The predicted octanol–water partition coefficient (Wildman–Crippen LogP) is 7.45. The van der Waals surface area contributed by atoms with E-state index in [4.69, 9.17) is 9.90 Å². The van der Waals surface area contributed by atoms with Crippen molar-refractivity contribution in [3.05, 3.63) is 89.3 Å². The van der Waals surface area contributed by atoms with Gasteiger partial charge in [0.25, 0.3) is 0 Å². The van der Waals surface area contributed by atoms with E-state index in [9.17, 15) is 0 Å². The zero-order valence-corrected chi connectivity index (χ0v) is 15.6. The van der Waals surface area contributed by atoms with Crippen LogP contribution in [0.2, 0.25) is 0 Å². The van der Waals surface area contributed by atoms with E-state index in [0.717, 1.165) is 43.7 Å². The summed E-state index contributed by atoms with van der Waals surface area (Å²) in [6.07, 6.45) is 0. The van der Waals surface area contributed by atoms with Crippen molar-refractivity contribution in [1.29, 1.82) is 0 Å². The Hall–Kier alpha value is -3.04. The molecule has 2 nitrogen and oxygen atoms in total. The van der Waals surface area contributed by atoms with Gasteiger partial charge in [-0.15, -0.1) is 0 Å². The lowest BCUT2D eigenvalue weighted by Gasteiger charge is -2.10. The van der Waals surface area contributed by atoms with Gasteiger partial charge < -0.3 is 8.98 Å². The van der Waals surface area contributed by atoms with E-state index in [1.165, 1.54) is 0 Å². The molecular formula is C24H14BrNO. The molecule has 2 heterocycles. The summed E-state index contributed by atoms with van der Waals surface area (Å²) < 4.78 is 41.7. The molecule has 0 bridgehead atoms. The maximum Gasteiger partial charge on any atom is 0.137 e. The molecule has 0 amide bonds. The van der Waals surface area contributed by atoms with Gasteiger partial charge in [0.2, 0.25) is 0 Å². The van der Waals surface area contributed by atoms with E-state index >= 15 is 0 Å². The van der Waals surface area contributed by atoms with Gasteiger partial charge in [0, 0.05) is 20.6 Å². The van der Waals surface area contributed by atoms with E-state index in [1.54, 1.807) is 0 Å². The number of hydrogen-bond acceptors (Lipinski definition) is 1. The molecule has 0 aliphatic carbocycles. The summed E-state index contributed by atoms with van der Waals surface area (Å²) in [6, 6.07) is 19.0. The average Bonchev–Trinajstić information content (AvgIpc) is 3.32. The van der Waals surface area contributed by atoms with E-state index in [0.29, 0.717) is 10.2 Å². The summed E-state index contributed by atoms with van der Waals surface area (Å²) in [6.45, 7) is 0. The van der Waals surface area contributed by atoms with Crippen molar-refractivity contribution in [2.75, 3.05) is 0 Å². The molecular weight excluding hydrogens is 398 g/mol. The van der Waals surface area contributed by atoms with Crippen LogP contribution in [0.25, 0.3) is 49.4 Å². The third-order valence-corrected chi connectivity index (χ3v) is 5.60. The Bertz CT molecular complexity index is 1670. The SMILES string of the molecule is [2H]c1c([2H])c([2H])c(-n2c3ccccc3c3ccc4oc5ccccc5c4c32)c(Br)c1[2H]. The summed E-state index contributed by atoms with van der Waals surface area (Å²) in [4.78, 5) is 0. The lowest BCUT2D eigenvalue weighted by Crippen LogP contribution is -1.95. The summed E-state index contributed by atoms with van der Waals surface area (Å²) in [7, 11) is 0. The Morgan fingerprint density at radius 3 is 2.48 bits per heavy atom. The Labute approximate surface area is 169 Å². The number of para-hydroxylation sites is 3. The molecule has 0 N–H and O–H groups in total. The molecule has 0 aliphatic rings. The fourth-order valence-corrected chi connectivity index (χ4v) is 4.32. The van der Waals surface area contributed by atoms with Gasteiger partial charge >= 0.3 is 0 Å². The fourth-order valence-electron chi connectivity index (χ4n) is 3.94. The van der Waals surface area contributed by atoms with Crippen molar-refractivity contribution in [2.24, 2.45) is 0 Å². The monoisotopic (exact) mass is 415 g/mol. The Kier molecular flexibility index (Phi) is 2.36. The van der Waals surface area contributed by atoms with Gasteiger partial charge in [0.1, 0.15) is 11.2 Å². The smallest absolute Gasteiger partial charge is 0.137 e. The Morgan fingerprint density at radius 1 is 0.778 bits per heavy atom. The Balaban J connectivity index is 1.95. The highest BCUT2D eigenvalue weighted by molar-refractivity contribution is 9.10. The van der Waals surface area contributed by atoms with Gasteiger partial charge in [-0.25, -0.2) is 0 Å². The predicted molar refractivity (Wildman–Crippen MR) is 116 cm³/mol. The van der Waals surface area contributed by atoms with Gasteiger partial charge in [-0.1, -0.05) is 48.5 Å². The molecule has 6 aromatic rings. The van der Waals surface area contributed by atoms with Crippen LogP contribution in [0.4, 0.5) is 0 Å². The van der Waals surface area contributed by atoms with Crippen LogP contribution in [0.5, 0.6) is 0 Å². The molecule has 0 unspecified atom stereocenters. The van der Waals surface area contributed by atoms with Crippen LogP contribution in [0.3, 0.4) is 0 Å². The van der Waals surface area contributed by atoms with E-state index < -0.39 is 0 Å². The lowest BCUT2D eigenvalue weighted by atomic mass is 10.1. The molecule has 0 spiro atoms. The number of fused-ring (bicyclic) bond motifs is 7. The quantitative estimate of drug-likeness (QED) is 0.272. The first-order valence-corrected chi connectivity index (χ1v) is 9.38. The number of nitrogens with zero attached hydrogens (tertiary/aromatic N) is 1. The molecule has 4 aromatic carbocycles. The van der Waals surface area contributed by atoms with E-state index in [-0.39, 0.29) is 24.2 Å². The molecule has 0 atom stereocenters. The largest absolute Gasteiger partial charge is 0.456 e. The molecule has 0 saturated heterocycles. The van der Waals surface area contributed by atoms with E-state index in [2.05, 4.69) is 15.9 Å². The number of benzene rings is 4. The van der Waals surface area contributed by atoms with Crippen molar-refractivity contribution in [3.63, 3.8) is 0 Å². The van der Waals surface area contributed by atoms with Gasteiger partial charge in [-0.05, 0) is 52.3 Å². The molecule has 0 saturated carbocycles. The molecule has 3 heteroatoms. The Morgan fingerprint density at radius 2 is 1.56 bits per heavy atom. The van der Waals surface area contributed by atoms with Crippen molar-refractivity contribution in [3.8, 4) is 5.69 Å². The summed E-state index contributed by atoms with van der Waals surface area (Å²) in [5.74, 6) is 0. The maximum atomic E-state index is 8.67. The second kappa shape index (κ2) is 5.48. The standard InChI is InChI=1S/C24H14BrNO/c25-18-9-3-5-11-20(18)26-19-10-4-1-7-15(19)16-13-14-22-23(24(16)26)17-8-2-6-12-21(17)27-22/h1-14H/i3D,5D,9D,11D. The second-order valence-corrected chi connectivity index (χ2v) is 7.24. The number of rotatable bonds is 1. The van der Waals surface area contributed by atoms with Crippen molar-refractivity contribution in [2.45, 2.75) is 0 Å². The van der Waals surface area contributed by atoms with Gasteiger partial charge in [-0.2, -0.15) is 0 Å². The van der Waals surface area contributed by atoms with Crippen LogP contribution in [0.15, 0.2) is 93.7 Å². The number of aromatic nitrogens is 1. The van der Waals surface area contributed by atoms with Crippen LogP contribution in [-0.4, -0.2) is 4.57 Å². The third-order valence-electron chi connectivity index (χ3n) is 5.02. The third kappa shape index (κ3) is 2.00. The summed E-state index contributed by atoms with van der Waals surface area (Å²) in [5, 5.41) is 3.88. The molecule has 128 valence electrons. The number of furan rings is 1. The van der Waals surface area contributed by atoms with Crippen LogP contribution in [0, 0.1) is 0 Å². The van der Waals surface area contributed by atoms with Crippen molar-refractivity contribution in [1.82, 2.24) is 4.57 Å². The van der Waals surface area contributed by atoms with Crippen molar-refractivity contribution < 1.29 is 9.90 Å². The normalized spacial score (nSPS) is 14.0. The number of hydrogen-bond donors (Lipinski definition) is 0. The minimum atomic E-state index is -0.265. The van der Waals surface area contributed by atoms with Gasteiger partial charge in [0.15, 0.2) is 0 Å². The van der Waals surface area contributed by atoms with Crippen LogP contribution < -0.4 is 0 Å². The highest BCUT2D eigenvalue weighted by Gasteiger charge is 2.19. The summed E-state index contributed by atoms with van der Waals surface area (Å²) >= 11 is 3.46. The van der Waals surface area contributed by atoms with Crippen LogP contribution >= 0.6 is 15.9 Å². The first-order chi connectivity index (χ1) is 15.0. The van der Waals surface area contributed by atoms with Crippen molar-refractivity contribution >= 4 is 59.7 Å². The molecule has 0 radical (unpaired) electrons. The van der Waals surface area contributed by atoms with Crippen LogP contribution in [0.1, 0.15) is 5.48 Å². The first kappa shape index (κ1) is 11.6. The molecule has 2 aromatic heterocycles. The van der Waals surface area contributed by atoms with E-state index in [1.807, 2.05) is 65.2 Å². The molecule has 6 rings (SSSR count). The minimum Gasteiger partial charge on any atom is -0.456 e. The highest BCUT2D eigenvalue weighted by Crippen LogP contribution is 2.41. The second-order valence-electron chi connectivity index (χ2n) is 6.45. The maximum absolute atomic E-state index is 8.67. The first-order valence-electron chi connectivity index (χ1n) is 10.6. The van der Waals surface area contributed by atoms with Crippen LogP contribution in [-0.2, 0) is 0 Å². The zero-order valence-electron chi connectivity index (χ0n) is 18.0. The van der Waals surface area contributed by atoms with Gasteiger partial charge in [-0.3, -0.25) is 0 Å². The summed E-state index contributed by atoms with van der Waals surface area (Å²) in [5.41, 5.74) is 3.61. The molecule has 27 heavy (non-hydrogen) atoms. The average molecular weight is 416 g/mol. The number of halogens is 1. The molecule has 0 aliphatic heterocycles.